The molecule has 0 aliphatic carbocycles. The quantitative estimate of drug-likeness (QED) is 0.905. The molecule has 0 spiro atoms. The molecule has 0 saturated carbocycles. The number of nitrogens with zero attached hydrogens (tertiary/aromatic N) is 1. The standard InChI is InChI=1S/C15H24N2O2S/c1-4-13-7-8-17(11-13)20(18,19)15-9-14(10-16-3)6-5-12(15)2/h5-6,9,13,16H,4,7-8,10-11H2,1-3H3. The Morgan fingerprint density at radius 1 is 1.40 bits per heavy atom. The Hall–Kier alpha value is -0.910. The molecule has 1 heterocycles. The van der Waals surface area contributed by atoms with Gasteiger partial charge in [0, 0.05) is 19.6 Å². The molecule has 1 aromatic rings. The molecule has 1 atom stereocenters. The van der Waals surface area contributed by atoms with Crippen LogP contribution in [0.1, 0.15) is 30.9 Å². The summed E-state index contributed by atoms with van der Waals surface area (Å²) in [6.07, 6.45) is 2.02. The van der Waals surface area contributed by atoms with E-state index in [0.29, 0.717) is 30.4 Å². The van der Waals surface area contributed by atoms with Crippen LogP contribution < -0.4 is 5.32 Å². The highest BCUT2D eigenvalue weighted by Gasteiger charge is 2.32. The summed E-state index contributed by atoms with van der Waals surface area (Å²) in [5.41, 5.74) is 1.83. The van der Waals surface area contributed by atoms with E-state index < -0.39 is 10.0 Å². The molecule has 4 nitrogen and oxygen atoms in total. The van der Waals surface area contributed by atoms with Crippen molar-refractivity contribution in [3.63, 3.8) is 0 Å². The highest BCUT2D eigenvalue weighted by Crippen LogP contribution is 2.28. The van der Waals surface area contributed by atoms with Gasteiger partial charge in [-0.25, -0.2) is 8.42 Å². The fourth-order valence-corrected chi connectivity index (χ4v) is 4.53. The first kappa shape index (κ1) is 15.5. The van der Waals surface area contributed by atoms with Gasteiger partial charge in [-0.2, -0.15) is 4.31 Å². The van der Waals surface area contributed by atoms with Crippen LogP contribution in [0.5, 0.6) is 0 Å². The molecule has 0 radical (unpaired) electrons. The van der Waals surface area contributed by atoms with Crippen molar-refractivity contribution in [3.8, 4) is 0 Å². The van der Waals surface area contributed by atoms with E-state index in [0.717, 1.165) is 24.0 Å². The third-order valence-electron chi connectivity index (χ3n) is 4.08. The Morgan fingerprint density at radius 3 is 2.75 bits per heavy atom. The van der Waals surface area contributed by atoms with E-state index in [1.54, 1.807) is 10.4 Å². The minimum atomic E-state index is -3.35. The SMILES string of the molecule is CCC1CCN(S(=O)(=O)c2cc(CNC)ccc2C)C1. The van der Waals surface area contributed by atoms with Crippen molar-refractivity contribution in [2.24, 2.45) is 5.92 Å². The maximum atomic E-state index is 12.8. The number of rotatable bonds is 5. The van der Waals surface area contributed by atoms with E-state index in [1.165, 1.54) is 0 Å². The van der Waals surface area contributed by atoms with Gasteiger partial charge in [0.05, 0.1) is 4.90 Å². The highest BCUT2D eigenvalue weighted by molar-refractivity contribution is 7.89. The van der Waals surface area contributed by atoms with Crippen molar-refractivity contribution in [2.75, 3.05) is 20.1 Å². The number of aryl methyl sites for hydroxylation is 1. The lowest BCUT2D eigenvalue weighted by Crippen LogP contribution is -2.29. The minimum absolute atomic E-state index is 0.460. The Kier molecular flexibility index (Phi) is 4.83. The van der Waals surface area contributed by atoms with Gasteiger partial charge in [-0.05, 0) is 43.5 Å². The molecule has 1 aliphatic rings. The molecular weight excluding hydrogens is 272 g/mol. The summed E-state index contributed by atoms with van der Waals surface area (Å²) in [6, 6.07) is 5.68. The number of hydrogen-bond donors (Lipinski definition) is 1. The van der Waals surface area contributed by atoms with E-state index in [-0.39, 0.29) is 0 Å². The van der Waals surface area contributed by atoms with E-state index in [9.17, 15) is 8.42 Å². The van der Waals surface area contributed by atoms with Crippen molar-refractivity contribution >= 4 is 10.0 Å². The van der Waals surface area contributed by atoms with Crippen molar-refractivity contribution < 1.29 is 8.42 Å². The molecule has 20 heavy (non-hydrogen) atoms. The first-order chi connectivity index (χ1) is 9.48. The summed E-state index contributed by atoms with van der Waals surface area (Å²) >= 11 is 0. The van der Waals surface area contributed by atoms with Crippen LogP contribution in [-0.4, -0.2) is 32.9 Å². The summed E-state index contributed by atoms with van der Waals surface area (Å²) in [4.78, 5) is 0.460. The molecule has 1 unspecified atom stereocenters. The summed E-state index contributed by atoms with van der Waals surface area (Å²) in [6.45, 7) is 5.98. The van der Waals surface area contributed by atoms with Crippen LogP contribution in [-0.2, 0) is 16.6 Å². The van der Waals surface area contributed by atoms with E-state index >= 15 is 0 Å². The zero-order chi connectivity index (χ0) is 14.8. The highest BCUT2D eigenvalue weighted by atomic mass is 32.2. The van der Waals surface area contributed by atoms with Gasteiger partial charge in [-0.1, -0.05) is 25.5 Å². The molecule has 1 aromatic carbocycles. The second kappa shape index (κ2) is 6.24. The van der Waals surface area contributed by atoms with Gasteiger partial charge in [0.25, 0.3) is 0 Å². The van der Waals surface area contributed by atoms with Gasteiger partial charge in [0.1, 0.15) is 0 Å². The van der Waals surface area contributed by atoms with Crippen LogP contribution in [0.4, 0.5) is 0 Å². The summed E-state index contributed by atoms with van der Waals surface area (Å²) in [5, 5.41) is 3.06. The monoisotopic (exact) mass is 296 g/mol. The first-order valence-electron chi connectivity index (χ1n) is 7.23. The molecule has 5 heteroatoms. The Morgan fingerprint density at radius 2 is 2.15 bits per heavy atom. The molecule has 1 N–H and O–H groups in total. The Bertz CT molecular complexity index is 569. The first-order valence-corrected chi connectivity index (χ1v) is 8.67. The second-order valence-corrected chi connectivity index (χ2v) is 7.46. The molecule has 0 aromatic heterocycles. The molecule has 2 rings (SSSR count). The van der Waals surface area contributed by atoms with E-state index in [4.69, 9.17) is 0 Å². The van der Waals surface area contributed by atoms with Gasteiger partial charge in [0.15, 0.2) is 0 Å². The number of nitrogens with one attached hydrogen (secondary N) is 1. The summed E-state index contributed by atoms with van der Waals surface area (Å²) < 4.78 is 27.2. The zero-order valence-electron chi connectivity index (χ0n) is 12.5. The third-order valence-corrected chi connectivity index (χ3v) is 6.08. The van der Waals surface area contributed by atoms with Crippen LogP contribution in [0.25, 0.3) is 0 Å². The van der Waals surface area contributed by atoms with Crippen LogP contribution >= 0.6 is 0 Å². The predicted molar refractivity (Wildman–Crippen MR) is 81.1 cm³/mol. The maximum absolute atomic E-state index is 12.8. The zero-order valence-corrected chi connectivity index (χ0v) is 13.3. The fraction of sp³-hybridized carbons (Fsp3) is 0.600. The molecular formula is C15H24N2O2S. The lowest BCUT2D eigenvalue weighted by atomic mass is 10.1. The van der Waals surface area contributed by atoms with Crippen LogP contribution in [0.3, 0.4) is 0 Å². The van der Waals surface area contributed by atoms with Crippen LogP contribution in [0.15, 0.2) is 23.1 Å². The Balaban J connectivity index is 2.32. The molecule has 1 fully saturated rings. The topological polar surface area (TPSA) is 49.4 Å². The average Bonchev–Trinajstić information content (AvgIpc) is 2.90. The minimum Gasteiger partial charge on any atom is -0.316 e. The van der Waals surface area contributed by atoms with Gasteiger partial charge in [-0.3, -0.25) is 0 Å². The maximum Gasteiger partial charge on any atom is 0.243 e. The predicted octanol–water partition coefficient (Wildman–Crippen LogP) is 2.14. The fourth-order valence-electron chi connectivity index (χ4n) is 2.72. The van der Waals surface area contributed by atoms with Crippen molar-refractivity contribution in [3.05, 3.63) is 29.3 Å². The lowest BCUT2D eigenvalue weighted by Gasteiger charge is -2.18. The average molecular weight is 296 g/mol. The number of sulfonamides is 1. The molecule has 0 amide bonds. The van der Waals surface area contributed by atoms with Gasteiger partial charge >= 0.3 is 0 Å². The van der Waals surface area contributed by atoms with Crippen molar-refractivity contribution in [2.45, 2.75) is 38.1 Å². The molecule has 112 valence electrons. The van der Waals surface area contributed by atoms with E-state index in [1.807, 2.05) is 26.1 Å². The smallest absolute Gasteiger partial charge is 0.243 e. The van der Waals surface area contributed by atoms with Gasteiger partial charge < -0.3 is 5.32 Å². The second-order valence-electron chi connectivity index (χ2n) is 5.56. The number of hydrogen-bond acceptors (Lipinski definition) is 3. The number of benzene rings is 1. The van der Waals surface area contributed by atoms with Crippen LogP contribution in [0, 0.1) is 12.8 Å². The van der Waals surface area contributed by atoms with Crippen molar-refractivity contribution in [1.82, 2.24) is 9.62 Å². The van der Waals surface area contributed by atoms with Gasteiger partial charge in [-0.15, -0.1) is 0 Å². The summed E-state index contributed by atoms with van der Waals surface area (Å²) in [5.74, 6) is 0.505. The largest absolute Gasteiger partial charge is 0.316 e. The van der Waals surface area contributed by atoms with Crippen LogP contribution in [0.2, 0.25) is 0 Å². The molecule has 1 saturated heterocycles. The van der Waals surface area contributed by atoms with E-state index in [2.05, 4.69) is 12.2 Å². The summed E-state index contributed by atoms with van der Waals surface area (Å²) in [7, 11) is -1.49. The molecule has 0 bridgehead atoms. The molecule has 1 aliphatic heterocycles. The normalized spacial score (nSPS) is 20.4. The third kappa shape index (κ3) is 3.05. The van der Waals surface area contributed by atoms with Crippen molar-refractivity contribution in [1.29, 1.82) is 0 Å². The Labute approximate surface area is 122 Å². The lowest BCUT2D eigenvalue weighted by molar-refractivity contribution is 0.452. The van der Waals surface area contributed by atoms with Gasteiger partial charge in [0.2, 0.25) is 10.0 Å².